The van der Waals surface area contributed by atoms with Gasteiger partial charge in [0.05, 0.1) is 5.56 Å². The topological polar surface area (TPSA) is 38.9 Å². The molecule has 0 radical (unpaired) electrons. The Kier molecular flexibility index (Phi) is 2.37. The number of benzene rings is 1. The van der Waals surface area contributed by atoms with Crippen LogP contribution >= 0.6 is 15.9 Å². The van der Waals surface area contributed by atoms with E-state index in [0.29, 0.717) is 11.8 Å². The van der Waals surface area contributed by atoms with Gasteiger partial charge in [-0.15, -0.1) is 10.2 Å². The maximum Gasteiger partial charge on any atom is 0.248 e. The number of aromatic nitrogens is 2. The van der Waals surface area contributed by atoms with Crippen molar-refractivity contribution >= 4 is 15.9 Å². The largest absolute Gasteiger partial charge is 0.421 e. The van der Waals surface area contributed by atoms with E-state index in [4.69, 9.17) is 4.42 Å². The number of rotatable bonds is 1. The van der Waals surface area contributed by atoms with E-state index < -0.39 is 0 Å². The molecule has 4 heteroatoms. The van der Waals surface area contributed by atoms with Gasteiger partial charge in [0.2, 0.25) is 11.8 Å². The molecule has 0 fully saturated rings. The van der Waals surface area contributed by atoms with Crippen LogP contribution in [-0.4, -0.2) is 10.2 Å². The predicted molar refractivity (Wildman–Crippen MR) is 56.9 cm³/mol. The van der Waals surface area contributed by atoms with E-state index in [-0.39, 0.29) is 0 Å². The smallest absolute Gasteiger partial charge is 0.248 e. The van der Waals surface area contributed by atoms with Gasteiger partial charge in [-0.3, -0.25) is 0 Å². The van der Waals surface area contributed by atoms with Crippen LogP contribution in [0.4, 0.5) is 0 Å². The lowest BCUT2D eigenvalue weighted by molar-refractivity contribution is 0.532. The first-order chi connectivity index (χ1) is 6.66. The van der Waals surface area contributed by atoms with Crippen LogP contribution in [0.25, 0.3) is 11.5 Å². The second kappa shape index (κ2) is 3.53. The molecule has 0 spiro atoms. The van der Waals surface area contributed by atoms with Crippen LogP contribution in [0.3, 0.4) is 0 Å². The molecule has 3 nitrogen and oxygen atoms in total. The average molecular weight is 253 g/mol. The van der Waals surface area contributed by atoms with Crippen LogP contribution < -0.4 is 0 Å². The first-order valence-corrected chi connectivity index (χ1v) is 5.03. The quantitative estimate of drug-likeness (QED) is 0.783. The van der Waals surface area contributed by atoms with E-state index in [0.717, 1.165) is 10.0 Å². The minimum absolute atomic E-state index is 0.550. The molecule has 1 heterocycles. The van der Waals surface area contributed by atoms with Crippen LogP contribution in [0.5, 0.6) is 0 Å². The molecule has 1 aromatic carbocycles. The highest BCUT2D eigenvalue weighted by Gasteiger charge is 2.09. The van der Waals surface area contributed by atoms with Crippen molar-refractivity contribution in [3.8, 4) is 11.5 Å². The van der Waals surface area contributed by atoms with Crippen LogP contribution in [-0.2, 0) is 0 Å². The molecule has 0 N–H and O–H groups in total. The minimum atomic E-state index is 0.550. The summed E-state index contributed by atoms with van der Waals surface area (Å²) in [5.41, 5.74) is 2.12. The third kappa shape index (κ3) is 1.70. The van der Waals surface area contributed by atoms with Gasteiger partial charge < -0.3 is 4.42 Å². The molecule has 0 saturated heterocycles. The highest BCUT2D eigenvalue weighted by atomic mass is 79.9. The van der Waals surface area contributed by atoms with E-state index >= 15 is 0 Å². The molecule has 0 amide bonds. The summed E-state index contributed by atoms with van der Waals surface area (Å²) in [4.78, 5) is 0. The Balaban J connectivity index is 2.52. The Morgan fingerprint density at radius 2 is 2.00 bits per heavy atom. The Bertz CT molecular complexity index is 465. The number of hydrogen-bond donors (Lipinski definition) is 0. The van der Waals surface area contributed by atoms with Gasteiger partial charge in [-0.25, -0.2) is 0 Å². The highest BCUT2D eigenvalue weighted by Crippen LogP contribution is 2.27. The van der Waals surface area contributed by atoms with Crippen LogP contribution in [0.1, 0.15) is 11.5 Å². The molecule has 0 atom stereocenters. The lowest BCUT2D eigenvalue weighted by Gasteiger charge is -1.99. The second-order valence-corrected chi connectivity index (χ2v) is 3.96. The maximum absolute atomic E-state index is 5.34. The average Bonchev–Trinajstić information content (AvgIpc) is 2.51. The lowest BCUT2D eigenvalue weighted by Crippen LogP contribution is -1.81. The Labute approximate surface area is 90.3 Å². The van der Waals surface area contributed by atoms with Crippen molar-refractivity contribution in [2.75, 3.05) is 0 Å². The predicted octanol–water partition coefficient (Wildman–Crippen LogP) is 3.12. The van der Waals surface area contributed by atoms with Crippen molar-refractivity contribution in [3.63, 3.8) is 0 Å². The molecule has 72 valence electrons. The summed E-state index contributed by atoms with van der Waals surface area (Å²) >= 11 is 3.47. The van der Waals surface area contributed by atoms with Crippen molar-refractivity contribution in [3.05, 3.63) is 34.1 Å². The fraction of sp³-hybridized carbons (Fsp3) is 0.200. The van der Waals surface area contributed by atoms with Gasteiger partial charge in [-0.1, -0.05) is 6.07 Å². The monoisotopic (exact) mass is 252 g/mol. The summed E-state index contributed by atoms with van der Waals surface area (Å²) in [6.45, 7) is 3.81. The summed E-state index contributed by atoms with van der Waals surface area (Å²) in [6.07, 6.45) is 0. The fourth-order valence-corrected chi connectivity index (χ4v) is 1.86. The third-order valence-corrected chi connectivity index (χ3v) is 2.54. The number of halogens is 1. The first kappa shape index (κ1) is 9.40. The number of nitrogens with zero attached hydrogens (tertiary/aromatic N) is 2. The SMILES string of the molecule is Cc1ccc(-c2nnc(C)o2)c(Br)c1. The van der Waals surface area contributed by atoms with E-state index in [1.807, 2.05) is 25.1 Å². The van der Waals surface area contributed by atoms with Crippen LogP contribution in [0.15, 0.2) is 27.1 Å². The van der Waals surface area contributed by atoms with Crippen molar-refractivity contribution in [2.24, 2.45) is 0 Å². The third-order valence-electron chi connectivity index (χ3n) is 1.88. The van der Waals surface area contributed by atoms with Gasteiger partial charge in [0.1, 0.15) is 0 Å². The van der Waals surface area contributed by atoms with Gasteiger partial charge in [-0.05, 0) is 40.5 Å². The van der Waals surface area contributed by atoms with E-state index in [1.165, 1.54) is 5.56 Å². The minimum Gasteiger partial charge on any atom is -0.421 e. The maximum atomic E-state index is 5.34. The first-order valence-electron chi connectivity index (χ1n) is 4.23. The van der Waals surface area contributed by atoms with Gasteiger partial charge >= 0.3 is 0 Å². The summed E-state index contributed by atoms with van der Waals surface area (Å²) in [5, 5.41) is 7.75. The molecule has 2 rings (SSSR count). The number of aryl methyl sites for hydroxylation is 2. The molecular formula is C10H9BrN2O. The second-order valence-electron chi connectivity index (χ2n) is 3.11. The van der Waals surface area contributed by atoms with Gasteiger partial charge in [0, 0.05) is 11.4 Å². The summed E-state index contributed by atoms with van der Waals surface area (Å²) in [7, 11) is 0. The zero-order chi connectivity index (χ0) is 10.1. The number of hydrogen-bond acceptors (Lipinski definition) is 3. The van der Waals surface area contributed by atoms with Crippen LogP contribution in [0, 0.1) is 13.8 Å². The van der Waals surface area contributed by atoms with Gasteiger partial charge in [0.15, 0.2) is 0 Å². The van der Waals surface area contributed by atoms with E-state index in [2.05, 4.69) is 26.1 Å². The molecule has 2 aromatic rings. The molecule has 0 aliphatic heterocycles. The Hall–Kier alpha value is -1.16. The molecular weight excluding hydrogens is 244 g/mol. The van der Waals surface area contributed by atoms with Gasteiger partial charge in [0.25, 0.3) is 0 Å². The normalized spacial score (nSPS) is 10.5. The molecule has 0 bridgehead atoms. The summed E-state index contributed by atoms with van der Waals surface area (Å²) in [5.74, 6) is 1.13. The summed E-state index contributed by atoms with van der Waals surface area (Å²) in [6, 6.07) is 6.00. The molecule has 0 unspecified atom stereocenters. The standard InChI is InChI=1S/C10H9BrN2O/c1-6-3-4-8(9(11)5-6)10-13-12-7(2)14-10/h3-5H,1-2H3. The fourth-order valence-electron chi connectivity index (χ4n) is 1.20. The molecule has 1 aromatic heterocycles. The molecule has 0 aliphatic carbocycles. The molecule has 14 heavy (non-hydrogen) atoms. The Morgan fingerprint density at radius 1 is 1.21 bits per heavy atom. The van der Waals surface area contributed by atoms with Crippen molar-refractivity contribution in [1.29, 1.82) is 0 Å². The van der Waals surface area contributed by atoms with E-state index in [9.17, 15) is 0 Å². The zero-order valence-corrected chi connectivity index (χ0v) is 9.50. The molecule has 0 saturated carbocycles. The van der Waals surface area contributed by atoms with Crippen molar-refractivity contribution < 1.29 is 4.42 Å². The van der Waals surface area contributed by atoms with Gasteiger partial charge in [-0.2, -0.15) is 0 Å². The Morgan fingerprint density at radius 3 is 2.57 bits per heavy atom. The van der Waals surface area contributed by atoms with Crippen molar-refractivity contribution in [2.45, 2.75) is 13.8 Å². The molecule has 0 aliphatic rings. The van der Waals surface area contributed by atoms with E-state index in [1.54, 1.807) is 6.92 Å². The zero-order valence-electron chi connectivity index (χ0n) is 7.91. The highest BCUT2D eigenvalue weighted by molar-refractivity contribution is 9.10. The van der Waals surface area contributed by atoms with Crippen LogP contribution in [0.2, 0.25) is 0 Å². The lowest BCUT2D eigenvalue weighted by atomic mass is 10.1. The summed E-state index contributed by atoms with van der Waals surface area (Å²) < 4.78 is 6.31. The van der Waals surface area contributed by atoms with Crippen molar-refractivity contribution in [1.82, 2.24) is 10.2 Å².